The lowest BCUT2D eigenvalue weighted by Crippen LogP contribution is -1.95. The number of benzene rings is 1. The number of aromatic nitrogens is 2. The standard InChI is InChI=1S/C14H12N2O3S/c1-8-3-4-12(19-2)9(5-8)11-7-20-14-15-10(13(17)18)6-16(11)14/h3-7H,1-2H3,(H,17,18). The maximum atomic E-state index is 11.0. The molecular formula is C14H12N2O3S. The van der Waals surface area contributed by atoms with Gasteiger partial charge in [-0.15, -0.1) is 11.3 Å². The molecule has 0 aliphatic carbocycles. The first-order valence-corrected chi connectivity index (χ1v) is 6.83. The third-order valence-electron chi connectivity index (χ3n) is 3.06. The molecule has 2 aromatic heterocycles. The lowest BCUT2D eigenvalue weighted by atomic mass is 10.1. The van der Waals surface area contributed by atoms with Crippen molar-refractivity contribution in [2.75, 3.05) is 7.11 Å². The number of rotatable bonds is 3. The maximum Gasteiger partial charge on any atom is 0.356 e. The number of methoxy groups -OCH3 is 1. The van der Waals surface area contributed by atoms with Crippen LogP contribution in [-0.2, 0) is 0 Å². The van der Waals surface area contributed by atoms with E-state index in [1.54, 1.807) is 11.5 Å². The number of nitrogens with zero attached hydrogens (tertiary/aromatic N) is 2. The molecule has 1 aromatic carbocycles. The first kappa shape index (κ1) is 12.7. The maximum absolute atomic E-state index is 11.0. The Morgan fingerprint density at radius 3 is 2.95 bits per heavy atom. The zero-order valence-corrected chi connectivity index (χ0v) is 11.8. The van der Waals surface area contributed by atoms with Crippen LogP contribution in [0.3, 0.4) is 0 Å². The van der Waals surface area contributed by atoms with Crippen LogP contribution >= 0.6 is 11.3 Å². The third-order valence-corrected chi connectivity index (χ3v) is 3.90. The zero-order valence-electron chi connectivity index (χ0n) is 11.0. The minimum absolute atomic E-state index is 0.0460. The number of carboxylic acid groups (broad SMARTS) is 1. The molecule has 0 fully saturated rings. The fourth-order valence-electron chi connectivity index (χ4n) is 2.10. The number of hydrogen-bond donors (Lipinski definition) is 1. The Kier molecular flexibility index (Phi) is 2.94. The van der Waals surface area contributed by atoms with Crippen molar-refractivity contribution in [1.82, 2.24) is 9.38 Å². The van der Waals surface area contributed by atoms with E-state index in [2.05, 4.69) is 4.98 Å². The van der Waals surface area contributed by atoms with Crippen molar-refractivity contribution >= 4 is 22.3 Å². The van der Waals surface area contributed by atoms with Gasteiger partial charge in [0.15, 0.2) is 10.7 Å². The molecule has 0 unspecified atom stereocenters. The highest BCUT2D eigenvalue weighted by atomic mass is 32.1. The van der Waals surface area contributed by atoms with Crippen LogP contribution in [0.5, 0.6) is 5.75 Å². The number of ether oxygens (including phenoxy) is 1. The highest BCUT2D eigenvalue weighted by Gasteiger charge is 2.16. The van der Waals surface area contributed by atoms with Gasteiger partial charge in [-0.2, -0.15) is 0 Å². The van der Waals surface area contributed by atoms with Crippen LogP contribution < -0.4 is 4.74 Å². The summed E-state index contributed by atoms with van der Waals surface area (Å²) < 4.78 is 7.17. The Hall–Kier alpha value is -2.34. The van der Waals surface area contributed by atoms with E-state index < -0.39 is 5.97 Å². The molecule has 2 heterocycles. The van der Waals surface area contributed by atoms with Gasteiger partial charge in [-0.05, 0) is 19.1 Å². The van der Waals surface area contributed by atoms with Crippen LogP contribution in [0.4, 0.5) is 0 Å². The molecule has 20 heavy (non-hydrogen) atoms. The minimum atomic E-state index is -1.02. The molecular weight excluding hydrogens is 276 g/mol. The van der Waals surface area contributed by atoms with Crippen LogP contribution in [0.1, 0.15) is 16.1 Å². The molecule has 0 saturated heterocycles. The molecule has 1 N–H and O–H groups in total. The van der Waals surface area contributed by atoms with E-state index in [1.165, 1.54) is 17.5 Å². The predicted molar refractivity (Wildman–Crippen MR) is 76.8 cm³/mol. The molecule has 3 rings (SSSR count). The summed E-state index contributed by atoms with van der Waals surface area (Å²) in [6, 6.07) is 5.90. The number of hydrogen-bond acceptors (Lipinski definition) is 4. The second-order valence-electron chi connectivity index (χ2n) is 4.41. The second-order valence-corrected chi connectivity index (χ2v) is 5.25. The van der Waals surface area contributed by atoms with Crippen LogP contribution in [0, 0.1) is 6.92 Å². The topological polar surface area (TPSA) is 63.8 Å². The summed E-state index contributed by atoms with van der Waals surface area (Å²) in [5, 5.41) is 11.0. The first-order valence-electron chi connectivity index (χ1n) is 5.95. The van der Waals surface area contributed by atoms with Crippen molar-refractivity contribution in [2.45, 2.75) is 6.92 Å². The normalized spacial score (nSPS) is 10.9. The first-order chi connectivity index (χ1) is 9.60. The van der Waals surface area contributed by atoms with E-state index in [1.807, 2.05) is 30.5 Å². The summed E-state index contributed by atoms with van der Waals surface area (Å²) >= 11 is 1.41. The van der Waals surface area contributed by atoms with Gasteiger partial charge in [-0.1, -0.05) is 11.6 Å². The Balaban J connectivity index is 2.24. The SMILES string of the molecule is COc1ccc(C)cc1-c1csc2nc(C(=O)O)cn12. The quantitative estimate of drug-likeness (QED) is 0.804. The van der Waals surface area contributed by atoms with E-state index >= 15 is 0 Å². The summed E-state index contributed by atoms with van der Waals surface area (Å²) in [6.45, 7) is 2.00. The van der Waals surface area contributed by atoms with Gasteiger partial charge in [-0.3, -0.25) is 4.40 Å². The van der Waals surface area contributed by atoms with Crippen LogP contribution in [0.25, 0.3) is 16.2 Å². The highest BCUT2D eigenvalue weighted by molar-refractivity contribution is 7.15. The van der Waals surface area contributed by atoms with Crippen LogP contribution in [0.15, 0.2) is 29.8 Å². The van der Waals surface area contributed by atoms with Gasteiger partial charge in [0, 0.05) is 17.1 Å². The monoisotopic (exact) mass is 288 g/mol. The molecule has 0 saturated carbocycles. The molecule has 0 amide bonds. The highest BCUT2D eigenvalue weighted by Crippen LogP contribution is 2.33. The average Bonchev–Trinajstić information content (AvgIpc) is 2.98. The number of thiazole rings is 1. The third kappa shape index (κ3) is 1.94. The average molecular weight is 288 g/mol. The summed E-state index contributed by atoms with van der Waals surface area (Å²) in [6.07, 6.45) is 1.53. The van der Waals surface area contributed by atoms with Gasteiger partial charge in [0.25, 0.3) is 0 Å². The number of aromatic carboxylic acids is 1. The Bertz CT molecular complexity index is 804. The van der Waals surface area contributed by atoms with Gasteiger partial charge in [0.05, 0.1) is 12.8 Å². The summed E-state index contributed by atoms with van der Waals surface area (Å²) in [4.78, 5) is 15.7. The number of aryl methyl sites for hydroxylation is 1. The molecule has 0 atom stereocenters. The van der Waals surface area contributed by atoms with Crippen molar-refractivity contribution in [2.24, 2.45) is 0 Å². The summed E-state index contributed by atoms with van der Waals surface area (Å²) in [7, 11) is 1.62. The Morgan fingerprint density at radius 1 is 1.45 bits per heavy atom. The van der Waals surface area contributed by atoms with Crippen molar-refractivity contribution in [1.29, 1.82) is 0 Å². The van der Waals surface area contributed by atoms with E-state index in [4.69, 9.17) is 9.84 Å². The molecule has 6 heteroatoms. The lowest BCUT2D eigenvalue weighted by molar-refractivity contribution is 0.0691. The molecule has 0 spiro atoms. The molecule has 102 valence electrons. The number of carboxylic acids is 1. The minimum Gasteiger partial charge on any atom is -0.496 e. The number of imidazole rings is 1. The van der Waals surface area contributed by atoms with Crippen molar-refractivity contribution in [3.8, 4) is 17.0 Å². The lowest BCUT2D eigenvalue weighted by Gasteiger charge is -2.08. The molecule has 0 aliphatic heterocycles. The number of carbonyl (C=O) groups is 1. The molecule has 5 nitrogen and oxygen atoms in total. The number of fused-ring (bicyclic) bond motifs is 1. The fourth-order valence-corrected chi connectivity index (χ4v) is 2.98. The van der Waals surface area contributed by atoms with Crippen molar-refractivity contribution in [3.63, 3.8) is 0 Å². The van der Waals surface area contributed by atoms with Crippen molar-refractivity contribution < 1.29 is 14.6 Å². The van der Waals surface area contributed by atoms with Gasteiger partial charge in [0.2, 0.25) is 0 Å². The van der Waals surface area contributed by atoms with Crippen LogP contribution in [0.2, 0.25) is 0 Å². The largest absolute Gasteiger partial charge is 0.496 e. The van der Waals surface area contributed by atoms with E-state index in [9.17, 15) is 4.79 Å². The van der Waals surface area contributed by atoms with Gasteiger partial charge < -0.3 is 9.84 Å². The Labute approximate surface area is 119 Å². The summed E-state index contributed by atoms with van der Waals surface area (Å²) in [5.74, 6) is -0.274. The molecule has 3 aromatic rings. The zero-order chi connectivity index (χ0) is 14.3. The smallest absolute Gasteiger partial charge is 0.356 e. The second kappa shape index (κ2) is 4.64. The van der Waals surface area contributed by atoms with Gasteiger partial charge >= 0.3 is 5.97 Å². The Morgan fingerprint density at radius 2 is 2.25 bits per heavy atom. The van der Waals surface area contributed by atoms with E-state index in [-0.39, 0.29) is 5.69 Å². The van der Waals surface area contributed by atoms with Crippen LogP contribution in [-0.4, -0.2) is 27.6 Å². The van der Waals surface area contributed by atoms with E-state index in [0.29, 0.717) is 4.96 Å². The van der Waals surface area contributed by atoms with Gasteiger partial charge in [-0.25, -0.2) is 9.78 Å². The molecule has 0 radical (unpaired) electrons. The van der Waals surface area contributed by atoms with E-state index in [0.717, 1.165) is 22.6 Å². The van der Waals surface area contributed by atoms with Gasteiger partial charge in [0.1, 0.15) is 5.75 Å². The predicted octanol–water partition coefficient (Wildman–Crippen LogP) is 3.08. The summed E-state index contributed by atoms with van der Waals surface area (Å²) in [5.41, 5.74) is 2.96. The van der Waals surface area contributed by atoms with Crippen molar-refractivity contribution in [3.05, 3.63) is 41.0 Å². The molecule has 0 bridgehead atoms. The molecule has 0 aliphatic rings. The fraction of sp³-hybridized carbons (Fsp3) is 0.143.